The van der Waals surface area contributed by atoms with Crippen LogP contribution < -0.4 is 4.74 Å². The molecule has 0 aliphatic carbocycles. The largest absolute Gasteiger partial charge is 0.437 e. The molecule has 0 bridgehead atoms. The van der Waals surface area contributed by atoms with Gasteiger partial charge in [0.25, 0.3) is 0 Å². The third kappa shape index (κ3) is 2.89. The van der Waals surface area contributed by atoms with Crippen molar-refractivity contribution >= 4 is 23.2 Å². The lowest BCUT2D eigenvalue weighted by Gasteiger charge is -2.12. The van der Waals surface area contributed by atoms with Crippen molar-refractivity contribution in [3.8, 4) is 11.6 Å². The Kier molecular flexibility index (Phi) is 3.99. The van der Waals surface area contributed by atoms with Gasteiger partial charge in [0.05, 0.1) is 16.8 Å². The van der Waals surface area contributed by atoms with Crippen molar-refractivity contribution in [3.05, 3.63) is 40.5 Å². The summed E-state index contributed by atoms with van der Waals surface area (Å²) >= 11 is 11.9. The topological polar surface area (TPSA) is 47.9 Å². The molecular weight excluding hydrogens is 273 g/mol. The van der Waals surface area contributed by atoms with E-state index < -0.39 is 0 Å². The van der Waals surface area contributed by atoms with Crippen LogP contribution in [-0.2, 0) is 0 Å². The first kappa shape index (κ1) is 13.1. The standard InChI is InChI=1S/C12H11Cl2N3O/c1-7(2)10-11(14)16-6-17-12(10)18-9-3-8(13)4-15-5-9/h3-7H,1-2H3. The molecule has 0 radical (unpaired) electrons. The van der Waals surface area contributed by atoms with E-state index in [0.29, 0.717) is 21.8 Å². The van der Waals surface area contributed by atoms with Crippen molar-refractivity contribution in [2.75, 3.05) is 0 Å². The highest BCUT2D eigenvalue weighted by Gasteiger charge is 2.15. The molecule has 0 aromatic carbocycles. The van der Waals surface area contributed by atoms with E-state index in [1.807, 2.05) is 13.8 Å². The van der Waals surface area contributed by atoms with Crippen molar-refractivity contribution in [2.24, 2.45) is 0 Å². The maximum absolute atomic E-state index is 6.05. The predicted molar refractivity (Wildman–Crippen MR) is 70.5 cm³/mol. The second-order valence-corrected chi connectivity index (χ2v) is 4.77. The lowest BCUT2D eigenvalue weighted by atomic mass is 10.1. The van der Waals surface area contributed by atoms with Gasteiger partial charge in [0, 0.05) is 12.3 Å². The number of pyridine rings is 1. The van der Waals surface area contributed by atoms with Crippen molar-refractivity contribution in [3.63, 3.8) is 0 Å². The maximum atomic E-state index is 6.05. The van der Waals surface area contributed by atoms with Crippen LogP contribution >= 0.6 is 23.2 Å². The van der Waals surface area contributed by atoms with Crippen LogP contribution in [0.3, 0.4) is 0 Å². The van der Waals surface area contributed by atoms with Crippen LogP contribution in [0.15, 0.2) is 24.8 Å². The van der Waals surface area contributed by atoms with Gasteiger partial charge in [0.1, 0.15) is 17.2 Å². The molecule has 0 saturated carbocycles. The minimum absolute atomic E-state index is 0.154. The molecule has 0 saturated heterocycles. The van der Waals surface area contributed by atoms with Crippen LogP contribution in [0.5, 0.6) is 11.6 Å². The maximum Gasteiger partial charge on any atom is 0.227 e. The van der Waals surface area contributed by atoms with Gasteiger partial charge in [-0.1, -0.05) is 37.0 Å². The molecule has 18 heavy (non-hydrogen) atoms. The summed E-state index contributed by atoms with van der Waals surface area (Å²) in [6, 6.07) is 1.66. The molecule has 0 aliphatic heterocycles. The van der Waals surface area contributed by atoms with Crippen LogP contribution in [0.25, 0.3) is 0 Å². The van der Waals surface area contributed by atoms with E-state index in [9.17, 15) is 0 Å². The van der Waals surface area contributed by atoms with Crippen molar-refractivity contribution in [1.29, 1.82) is 0 Å². The van der Waals surface area contributed by atoms with Crippen LogP contribution in [0.4, 0.5) is 0 Å². The number of nitrogens with zero attached hydrogens (tertiary/aromatic N) is 3. The summed E-state index contributed by atoms with van der Waals surface area (Å²) < 4.78 is 5.65. The molecule has 0 atom stereocenters. The Labute approximate surface area is 115 Å². The van der Waals surface area contributed by atoms with E-state index in [1.54, 1.807) is 12.3 Å². The Morgan fingerprint density at radius 2 is 1.94 bits per heavy atom. The SMILES string of the molecule is CC(C)c1c(Cl)ncnc1Oc1cncc(Cl)c1. The minimum Gasteiger partial charge on any atom is -0.437 e. The van der Waals surface area contributed by atoms with E-state index in [-0.39, 0.29) is 5.92 Å². The number of hydrogen-bond donors (Lipinski definition) is 0. The summed E-state index contributed by atoms with van der Waals surface area (Å²) in [6.45, 7) is 3.99. The summed E-state index contributed by atoms with van der Waals surface area (Å²) in [5.41, 5.74) is 0.763. The van der Waals surface area contributed by atoms with Crippen LogP contribution in [-0.4, -0.2) is 15.0 Å². The number of rotatable bonds is 3. The molecule has 2 aromatic rings. The fourth-order valence-corrected chi connectivity index (χ4v) is 1.99. The van der Waals surface area contributed by atoms with Crippen LogP contribution in [0.2, 0.25) is 10.2 Å². The smallest absolute Gasteiger partial charge is 0.227 e. The fourth-order valence-electron chi connectivity index (χ4n) is 1.49. The highest BCUT2D eigenvalue weighted by atomic mass is 35.5. The highest BCUT2D eigenvalue weighted by molar-refractivity contribution is 6.30. The predicted octanol–water partition coefficient (Wildman–Crippen LogP) is 4.09. The minimum atomic E-state index is 0.154. The second-order valence-electron chi connectivity index (χ2n) is 3.98. The molecule has 2 aromatic heterocycles. The molecule has 94 valence electrons. The normalized spacial score (nSPS) is 10.7. The summed E-state index contributed by atoms with van der Waals surface area (Å²) in [6.07, 6.45) is 4.46. The monoisotopic (exact) mass is 283 g/mol. The van der Waals surface area contributed by atoms with Gasteiger partial charge in [-0.05, 0) is 5.92 Å². The molecule has 6 heteroatoms. The molecule has 0 unspecified atom stereocenters. The molecule has 0 aliphatic rings. The van der Waals surface area contributed by atoms with Crippen LogP contribution in [0.1, 0.15) is 25.3 Å². The van der Waals surface area contributed by atoms with Crippen molar-refractivity contribution in [2.45, 2.75) is 19.8 Å². The Bertz CT molecular complexity index is 561. The molecule has 4 nitrogen and oxygen atoms in total. The lowest BCUT2D eigenvalue weighted by Crippen LogP contribution is -1.99. The number of ether oxygens (including phenoxy) is 1. The molecule has 0 fully saturated rings. The van der Waals surface area contributed by atoms with Gasteiger partial charge >= 0.3 is 0 Å². The first-order valence-electron chi connectivity index (χ1n) is 5.36. The van der Waals surface area contributed by atoms with Gasteiger partial charge in [0.2, 0.25) is 5.88 Å². The van der Waals surface area contributed by atoms with Gasteiger partial charge in [0.15, 0.2) is 0 Å². The fraction of sp³-hybridized carbons (Fsp3) is 0.250. The Balaban J connectivity index is 2.37. The molecule has 0 N–H and O–H groups in total. The molecular formula is C12H11Cl2N3O. The average Bonchev–Trinajstić information content (AvgIpc) is 2.28. The van der Waals surface area contributed by atoms with Gasteiger partial charge < -0.3 is 4.74 Å². The van der Waals surface area contributed by atoms with E-state index in [2.05, 4.69) is 15.0 Å². The van der Waals surface area contributed by atoms with E-state index in [1.165, 1.54) is 12.5 Å². The Morgan fingerprint density at radius 3 is 2.61 bits per heavy atom. The summed E-state index contributed by atoms with van der Waals surface area (Å²) in [5, 5.41) is 0.892. The number of halogens is 2. The zero-order chi connectivity index (χ0) is 13.1. The Morgan fingerprint density at radius 1 is 1.17 bits per heavy atom. The van der Waals surface area contributed by atoms with Gasteiger partial charge in [-0.25, -0.2) is 9.97 Å². The third-order valence-electron chi connectivity index (χ3n) is 2.27. The summed E-state index contributed by atoms with van der Waals surface area (Å²) in [5.74, 6) is 1.09. The zero-order valence-electron chi connectivity index (χ0n) is 9.89. The zero-order valence-corrected chi connectivity index (χ0v) is 11.4. The number of hydrogen-bond acceptors (Lipinski definition) is 4. The summed E-state index contributed by atoms with van der Waals surface area (Å²) in [4.78, 5) is 12.0. The molecule has 2 heterocycles. The molecule has 0 amide bonds. The van der Waals surface area contributed by atoms with Gasteiger partial charge in [-0.3, -0.25) is 4.98 Å². The number of aromatic nitrogens is 3. The quantitative estimate of drug-likeness (QED) is 0.796. The highest BCUT2D eigenvalue weighted by Crippen LogP contribution is 2.32. The molecule has 2 rings (SSSR count). The van der Waals surface area contributed by atoms with E-state index >= 15 is 0 Å². The van der Waals surface area contributed by atoms with Gasteiger partial charge in [-0.2, -0.15) is 0 Å². The Hall–Kier alpha value is -1.39. The summed E-state index contributed by atoms with van der Waals surface area (Å²) in [7, 11) is 0. The first-order valence-corrected chi connectivity index (χ1v) is 6.12. The van der Waals surface area contributed by atoms with Crippen molar-refractivity contribution in [1.82, 2.24) is 15.0 Å². The first-order chi connectivity index (χ1) is 8.58. The molecule has 0 spiro atoms. The van der Waals surface area contributed by atoms with E-state index in [0.717, 1.165) is 5.56 Å². The van der Waals surface area contributed by atoms with Crippen LogP contribution in [0, 0.1) is 0 Å². The average molecular weight is 284 g/mol. The van der Waals surface area contributed by atoms with E-state index in [4.69, 9.17) is 27.9 Å². The third-order valence-corrected chi connectivity index (χ3v) is 2.78. The van der Waals surface area contributed by atoms with Gasteiger partial charge in [-0.15, -0.1) is 0 Å². The lowest BCUT2D eigenvalue weighted by molar-refractivity contribution is 0.449. The second kappa shape index (κ2) is 5.50. The van der Waals surface area contributed by atoms with Crippen molar-refractivity contribution < 1.29 is 4.74 Å².